The highest BCUT2D eigenvalue weighted by molar-refractivity contribution is 8.00. The molecule has 0 saturated heterocycles. The molecule has 40 heavy (non-hydrogen) atoms. The van der Waals surface area contributed by atoms with Crippen molar-refractivity contribution in [3.8, 4) is 5.69 Å². The van der Waals surface area contributed by atoms with Crippen molar-refractivity contribution in [3.63, 3.8) is 0 Å². The van der Waals surface area contributed by atoms with Gasteiger partial charge in [-0.1, -0.05) is 78.0 Å². The van der Waals surface area contributed by atoms with Gasteiger partial charge in [-0.05, 0) is 79.1 Å². The molecule has 9 heteroatoms. The van der Waals surface area contributed by atoms with Gasteiger partial charge in [-0.2, -0.15) is 5.10 Å². The normalized spacial score (nSPS) is 12.3. The minimum atomic E-state index is -0.459. The van der Waals surface area contributed by atoms with Gasteiger partial charge < -0.3 is 5.32 Å². The number of aromatic nitrogens is 3. The number of nitrogens with one attached hydrogen (secondary N) is 2. The molecular weight excluding hydrogens is 540 g/mol. The van der Waals surface area contributed by atoms with E-state index in [0.29, 0.717) is 16.7 Å². The van der Waals surface area contributed by atoms with Crippen LogP contribution in [0.15, 0.2) is 101 Å². The Labute approximate surface area is 242 Å². The van der Waals surface area contributed by atoms with Gasteiger partial charge in [0, 0.05) is 16.4 Å². The Morgan fingerprint density at radius 1 is 0.975 bits per heavy atom. The first-order valence-electron chi connectivity index (χ1n) is 12.9. The van der Waals surface area contributed by atoms with Crippen LogP contribution >= 0.6 is 23.4 Å². The molecule has 2 N–H and O–H groups in total. The number of halogens is 1. The molecule has 0 fully saturated rings. The summed E-state index contributed by atoms with van der Waals surface area (Å²) in [7, 11) is 0. The first-order chi connectivity index (χ1) is 19.4. The van der Waals surface area contributed by atoms with E-state index in [4.69, 9.17) is 11.6 Å². The number of fused-ring (bicyclic) bond motifs is 1. The van der Waals surface area contributed by atoms with E-state index in [-0.39, 0.29) is 5.91 Å². The Morgan fingerprint density at radius 2 is 1.73 bits per heavy atom. The molecule has 0 bridgehead atoms. The summed E-state index contributed by atoms with van der Waals surface area (Å²) in [4.78, 5) is 13.0. The van der Waals surface area contributed by atoms with Gasteiger partial charge in [0.15, 0.2) is 11.0 Å². The molecule has 202 valence electrons. The van der Waals surface area contributed by atoms with Gasteiger partial charge in [0.25, 0.3) is 5.91 Å². The van der Waals surface area contributed by atoms with Crippen molar-refractivity contribution in [3.05, 3.63) is 113 Å². The topological polar surface area (TPSA) is 84.2 Å². The molecule has 0 radical (unpaired) electrons. The quantitative estimate of drug-likeness (QED) is 0.113. The van der Waals surface area contributed by atoms with E-state index < -0.39 is 5.25 Å². The molecule has 1 atom stereocenters. The minimum absolute atomic E-state index is 0.218. The summed E-state index contributed by atoms with van der Waals surface area (Å²) in [5.74, 6) is 0.505. The largest absolute Gasteiger partial charge is 0.378 e. The zero-order chi connectivity index (χ0) is 28.1. The van der Waals surface area contributed by atoms with Crippen LogP contribution in [0, 0.1) is 6.92 Å². The maximum absolute atomic E-state index is 13.0. The predicted molar refractivity (Wildman–Crippen MR) is 164 cm³/mol. The standard InChI is InChI=1S/C31H29ClN6OS/c1-20-17-26(32)15-16-28(20)33-19-29-35-37-31(38(29)27-11-5-4-6-12-27)40-22(3)30(39)36-34-21(2)24-14-13-23-9-7-8-10-25(23)18-24/h4-18,22,33H,19H2,1-3H3,(H,36,39)/b34-21+/t22-/m0/s1. The Hall–Kier alpha value is -4.14. The van der Waals surface area contributed by atoms with Crippen molar-refractivity contribution in [2.75, 3.05) is 5.32 Å². The van der Waals surface area contributed by atoms with Gasteiger partial charge in [0.05, 0.1) is 17.5 Å². The highest BCUT2D eigenvalue weighted by Crippen LogP contribution is 2.27. The lowest BCUT2D eigenvalue weighted by Gasteiger charge is -2.14. The van der Waals surface area contributed by atoms with Gasteiger partial charge in [-0.25, -0.2) is 5.43 Å². The van der Waals surface area contributed by atoms with Crippen LogP contribution in [0.1, 0.15) is 30.8 Å². The number of nitrogens with zero attached hydrogens (tertiary/aromatic N) is 4. The van der Waals surface area contributed by atoms with Crippen molar-refractivity contribution in [1.29, 1.82) is 0 Å². The van der Waals surface area contributed by atoms with Gasteiger partial charge in [-0.15, -0.1) is 10.2 Å². The van der Waals surface area contributed by atoms with Crippen LogP contribution in [0.5, 0.6) is 0 Å². The van der Waals surface area contributed by atoms with Crippen LogP contribution in [-0.4, -0.2) is 31.6 Å². The number of aryl methyl sites for hydroxylation is 1. The van der Waals surface area contributed by atoms with E-state index in [9.17, 15) is 4.79 Å². The van der Waals surface area contributed by atoms with Crippen molar-refractivity contribution < 1.29 is 4.79 Å². The third-order valence-electron chi connectivity index (χ3n) is 6.49. The molecule has 0 aliphatic heterocycles. The number of anilines is 1. The molecule has 5 aromatic rings. The number of carbonyl (C=O) groups excluding carboxylic acids is 1. The molecule has 1 amide bonds. The lowest BCUT2D eigenvalue weighted by Crippen LogP contribution is -2.28. The first kappa shape index (κ1) is 27.4. The first-order valence-corrected chi connectivity index (χ1v) is 14.1. The summed E-state index contributed by atoms with van der Waals surface area (Å²) >= 11 is 7.44. The Kier molecular flexibility index (Phi) is 8.48. The minimum Gasteiger partial charge on any atom is -0.378 e. The summed E-state index contributed by atoms with van der Waals surface area (Å²) in [5.41, 5.74) is 7.33. The van der Waals surface area contributed by atoms with Crippen LogP contribution in [0.4, 0.5) is 5.69 Å². The molecule has 1 heterocycles. The molecule has 4 aromatic carbocycles. The lowest BCUT2D eigenvalue weighted by atomic mass is 10.0. The zero-order valence-electron chi connectivity index (χ0n) is 22.4. The highest BCUT2D eigenvalue weighted by atomic mass is 35.5. The third-order valence-corrected chi connectivity index (χ3v) is 7.77. The number of hydrogen-bond donors (Lipinski definition) is 2. The Morgan fingerprint density at radius 3 is 2.50 bits per heavy atom. The van der Waals surface area contributed by atoms with Crippen LogP contribution in [0.25, 0.3) is 16.5 Å². The van der Waals surface area contributed by atoms with Gasteiger partial charge in [-0.3, -0.25) is 9.36 Å². The van der Waals surface area contributed by atoms with E-state index in [2.05, 4.69) is 50.3 Å². The summed E-state index contributed by atoms with van der Waals surface area (Å²) in [6, 6.07) is 29.9. The third kappa shape index (κ3) is 6.35. The molecule has 0 saturated carbocycles. The van der Waals surface area contributed by atoms with Crippen molar-refractivity contribution in [2.45, 2.75) is 37.7 Å². The second-order valence-electron chi connectivity index (χ2n) is 9.38. The number of hydrazone groups is 1. The van der Waals surface area contributed by atoms with E-state index in [1.807, 2.05) is 92.1 Å². The fourth-order valence-electron chi connectivity index (χ4n) is 4.25. The van der Waals surface area contributed by atoms with Gasteiger partial charge in [0.2, 0.25) is 0 Å². The van der Waals surface area contributed by atoms with Gasteiger partial charge in [0.1, 0.15) is 0 Å². The predicted octanol–water partition coefficient (Wildman–Crippen LogP) is 7.02. The van der Waals surface area contributed by atoms with Crippen LogP contribution in [0.3, 0.4) is 0 Å². The molecule has 5 rings (SSSR count). The number of thioether (sulfide) groups is 1. The molecule has 0 aliphatic rings. The van der Waals surface area contributed by atoms with E-state index in [1.165, 1.54) is 11.8 Å². The fourth-order valence-corrected chi connectivity index (χ4v) is 5.35. The van der Waals surface area contributed by atoms with Crippen LogP contribution < -0.4 is 10.7 Å². The molecule has 0 unspecified atom stereocenters. The average Bonchev–Trinajstić information content (AvgIpc) is 3.37. The monoisotopic (exact) mass is 568 g/mol. The second-order valence-corrected chi connectivity index (χ2v) is 11.1. The Balaban J connectivity index is 1.31. The SMILES string of the molecule is C/C(=N\NC(=O)[C@H](C)Sc1nnc(CNc2ccc(Cl)cc2C)n1-c1ccccc1)c1ccc2ccccc2c1. The highest BCUT2D eigenvalue weighted by Gasteiger charge is 2.21. The van der Waals surface area contributed by atoms with Crippen LogP contribution in [0.2, 0.25) is 5.02 Å². The lowest BCUT2D eigenvalue weighted by molar-refractivity contribution is -0.120. The van der Waals surface area contributed by atoms with Crippen LogP contribution in [-0.2, 0) is 11.3 Å². The molecule has 0 aliphatic carbocycles. The smallest absolute Gasteiger partial charge is 0.253 e. The number of amides is 1. The number of hydrogen-bond acceptors (Lipinski definition) is 6. The number of benzene rings is 4. The molecule has 1 aromatic heterocycles. The maximum Gasteiger partial charge on any atom is 0.253 e. The Bertz CT molecular complexity index is 1680. The maximum atomic E-state index is 13.0. The summed E-state index contributed by atoms with van der Waals surface area (Å²) in [5, 5.41) is 19.8. The van der Waals surface area contributed by atoms with Crippen molar-refractivity contribution in [2.24, 2.45) is 5.10 Å². The van der Waals surface area contributed by atoms with Gasteiger partial charge >= 0.3 is 0 Å². The van der Waals surface area contributed by atoms with Crippen molar-refractivity contribution in [1.82, 2.24) is 20.2 Å². The van der Waals surface area contributed by atoms with Crippen molar-refractivity contribution >= 4 is 51.4 Å². The number of para-hydroxylation sites is 1. The van der Waals surface area contributed by atoms with E-state index in [1.54, 1.807) is 0 Å². The van der Waals surface area contributed by atoms with E-state index >= 15 is 0 Å². The molecule has 7 nitrogen and oxygen atoms in total. The second kappa shape index (κ2) is 12.4. The zero-order valence-corrected chi connectivity index (χ0v) is 24.0. The molecule has 0 spiro atoms. The summed E-state index contributed by atoms with van der Waals surface area (Å²) in [6.07, 6.45) is 0. The number of rotatable bonds is 9. The van der Waals surface area contributed by atoms with E-state index in [0.717, 1.165) is 44.8 Å². The fraction of sp³-hybridized carbons (Fsp3) is 0.161. The summed E-state index contributed by atoms with van der Waals surface area (Å²) in [6.45, 7) is 6.17. The summed E-state index contributed by atoms with van der Waals surface area (Å²) < 4.78 is 1.97. The number of carbonyl (C=O) groups is 1. The molecular formula is C31H29ClN6OS. The average molecular weight is 569 g/mol.